The van der Waals surface area contributed by atoms with Gasteiger partial charge < -0.3 is 5.73 Å². The Morgan fingerprint density at radius 3 is 2.50 bits per heavy atom. The smallest absolute Gasteiger partial charge is 0.262 e. The second kappa shape index (κ2) is 5.41. The Labute approximate surface area is 125 Å². The largest absolute Gasteiger partial charge is 0.398 e. The highest BCUT2D eigenvalue weighted by Crippen LogP contribution is 2.26. The molecule has 4 nitrogen and oxygen atoms in total. The van der Waals surface area contributed by atoms with E-state index in [-0.39, 0.29) is 10.6 Å². The van der Waals surface area contributed by atoms with Crippen LogP contribution in [0.5, 0.6) is 0 Å². The van der Waals surface area contributed by atoms with Crippen molar-refractivity contribution in [2.75, 3.05) is 10.5 Å². The Hall–Kier alpha value is -1.60. The quantitative estimate of drug-likeness (QED) is 0.827. The molecule has 20 heavy (non-hydrogen) atoms. The summed E-state index contributed by atoms with van der Waals surface area (Å²) in [5, 5.41) is 0. The van der Waals surface area contributed by atoms with Crippen molar-refractivity contribution >= 4 is 37.3 Å². The number of nitrogens with two attached hydrogens (primary N) is 1. The standard InChI is InChI=1S/C13H12BrFN2O2S/c1-8-2-4-10(7-12(8)16)20(18,19)17-13-5-3-9(15)6-11(13)14/h2-7,17H,16H2,1H3. The van der Waals surface area contributed by atoms with Crippen molar-refractivity contribution in [2.24, 2.45) is 0 Å². The van der Waals surface area contributed by atoms with E-state index in [2.05, 4.69) is 20.7 Å². The van der Waals surface area contributed by atoms with E-state index >= 15 is 0 Å². The fourth-order valence-corrected chi connectivity index (χ4v) is 3.26. The number of anilines is 2. The van der Waals surface area contributed by atoms with E-state index in [0.717, 1.165) is 5.56 Å². The Kier molecular flexibility index (Phi) is 4.01. The van der Waals surface area contributed by atoms with Gasteiger partial charge in [0.05, 0.1) is 10.6 Å². The van der Waals surface area contributed by atoms with Crippen LogP contribution in [0.4, 0.5) is 15.8 Å². The molecule has 0 aromatic heterocycles. The van der Waals surface area contributed by atoms with Crippen molar-refractivity contribution in [1.82, 2.24) is 0 Å². The molecule has 0 spiro atoms. The molecule has 2 rings (SSSR count). The highest BCUT2D eigenvalue weighted by atomic mass is 79.9. The van der Waals surface area contributed by atoms with Gasteiger partial charge in [0.25, 0.3) is 10.0 Å². The molecule has 0 fully saturated rings. The fourth-order valence-electron chi connectivity index (χ4n) is 1.56. The minimum absolute atomic E-state index is 0.0526. The average Bonchev–Trinajstić information content (AvgIpc) is 2.36. The second-order valence-electron chi connectivity index (χ2n) is 4.25. The van der Waals surface area contributed by atoms with Gasteiger partial charge >= 0.3 is 0 Å². The highest BCUT2D eigenvalue weighted by Gasteiger charge is 2.16. The first-order valence-corrected chi connectivity index (χ1v) is 7.91. The zero-order chi connectivity index (χ0) is 14.9. The monoisotopic (exact) mass is 358 g/mol. The van der Waals surface area contributed by atoms with E-state index in [9.17, 15) is 12.8 Å². The SMILES string of the molecule is Cc1ccc(S(=O)(=O)Nc2ccc(F)cc2Br)cc1N. The Balaban J connectivity index is 2.38. The van der Waals surface area contributed by atoms with Crippen LogP contribution in [0.3, 0.4) is 0 Å². The van der Waals surface area contributed by atoms with E-state index in [1.807, 2.05) is 0 Å². The van der Waals surface area contributed by atoms with Gasteiger partial charge in [0, 0.05) is 10.2 Å². The molecule has 0 unspecified atom stereocenters. The van der Waals surface area contributed by atoms with Crippen LogP contribution < -0.4 is 10.5 Å². The summed E-state index contributed by atoms with van der Waals surface area (Å²) in [7, 11) is -3.77. The third-order valence-corrected chi connectivity index (χ3v) is 4.76. The summed E-state index contributed by atoms with van der Waals surface area (Å²) in [6.07, 6.45) is 0. The number of halogens is 2. The number of nitrogens with one attached hydrogen (secondary N) is 1. The zero-order valence-electron chi connectivity index (χ0n) is 10.5. The molecule has 0 aliphatic heterocycles. The van der Waals surface area contributed by atoms with Gasteiger partial charge in [-0.25, -0.2) is 12.8 Å². The summed E-state index contributed by atoms with van der Waals surface area (Å²) < 4.78 is 40.1. The van der Waals surface area contributed by atoms with Crippen LogP contribution in [0.25, 0.3) is 0 Å². The van der Waals surface area contributed by atoms with E-state index in [1.165, 1.54) is 30.3 Å². The summed E-state index contributed by atoms with van der Waals surface area (Å²) in [5.74, 6) is -0.459. The number of aryl methyl sites for hydroxylation is 1. The molecule has 106 valence electrons. The minimum Gasteiger partial charge on any atom is -0.398 e. The molecule has 2 aromatic rings. The van der Waals surface area contributed by atoms with Gasteiger partial charge in [-0.2, -0.15) is 0 Å². The average molecular weight is 359 g/mol. The van der Waals surface area contributed by atoms with E-state index in [4.69, 9.17) is 5.73 Å². The van der Waals surface area contributed by atoms with Crippen LogP contribution in [-0.4, -0.2) is 8.42 Å². The Morgan fingerprint density at radius 1 is 1.20 bits per heavy atom. The maximum Gasteiger partial charge on any atom is 0.262 e. The molecular weight excluding hydrogens is 347 g/mol. The van der Waals surface area contributed by atoms with Gasteiger partial charge in [-0.15, -0.1) is 0 Å². The minimum atomic E-state index is -3.77. The van der Waals surface area contributed by atoms with Crippen molar-refractivity contribution in [1.29, 1.82) is 0 Å². The van der Waals surface area contributed by atoms with Crippen LogP contribution in [0, 0.1) is 12.7 Å². The predicted molar refractivity (Wildman–Crippen MR) is 80.5 cm³/mol. The van der Waals surface area contributed by atoms with E-state index in [1.54, 1.807) is 13.0 Å². The van der Waals surface area contributed by atoms with Gasteiger partial charge in [0.1, 0.15) is 5.82 Å². The van der Waals surface area contributed by atoms with Crippen LogP contribution in [-0.2, 0) is 10.0 Å². The number of sulfonamides is 1. The Morgan fingerprint density at radius 2 is 1.90 bits per heavy atom. The molecule has 0 saturated heterocycles. The Bertz CT molecular complexity index is 763. The predicted octanol–water partition coefficient (Wildman–Crippen LogP) is 3.28. The molecule has 0 bridgehead atoms. The number of hydrogen-bond donors (Lipinski definition) is 2. The number of hydrogen-bond acceptors (Lipinski definition) is 3. The lowest BCUT2D eigenvalue weighted by Gasteiger charge is -2.11. The third kappa shape index (κ3) is 3.10. The topological polar surface area (TPSA) is 72.2 Å². The maximum absolute atomic E-state index is 13.0. The summed E-state index contributed by atoms with van der Waals surface area (Å²) >= 11 is 3.11. The summed E-state index contributed by atoms with van der Waals surface area (Å²) in [4.78, 5) is 0.0526. The summed E-state index contributed by atoms with van der Waals surface area (Å²) in [6.45, 7) is 1.79. The first-order valence-electron chi connectivity index (χ1n) is 5.63. The number of nitrogen functional groups attached to an aromatic ring is 1. The van der Waals surface area contributed by atoms with Crippen molar-refractivity contribution in [2.45, 2.75) is 11.8 Å². The lowest BCUT2D eigenvalue weighted by molar-refractivity contribution is 0.601. The van der Waals surface area contributed by atoms with Crippen LogP contribution >= 0.6 is 15.9 Å². The van der Waals surface area contributed by atoms with Crippen LogP contribution in [0.15, 0.2) is 45.8 Å². The molecule has 0 aliphatic rings. The second-order valence-corrected chi connectivity index (χ2v) is 6.78. The molecule has 0 atom stereocenters. The molecule has 0 radical (unpaired) electrons. The molecule has 0 saturated carbocycles. The normalized spacial score (nSPS) is 11.3. The fraction of sp³-hybridized carbons (Fsp3) is 0.0769. The maximum atomic E-state index is 13.0. The first kappa shape index (κ1) is 14.8. The van der Waals surface area contributed by atoms with Crippen molar-refractivity contribution in [3.05, 3.63) is 52.3 Å². The van der Waals surface area contributed by atoms with E-state index in [0.29, 0.717) is 10.2 Å². The van der Waals surface area contributed by atoms with Crippen LogP contribution in [0.2, 0.25) is 0 Å². The number of rotatable bonds is 3. The van der Waals surface area contributed by atoms with Crippen molar-refractivity contribution in [3.63, 3.8) is 0 Å². The molecule has 2 aromatic carbocycles. The molecule has 7 heteroatoms. The third-order valence-electron chi connectivity index (χ3n) is 2.74. The molecule has 0 amide bonds. The summed E-state index contributed by atoms with van der Waals surface area (Å²) in [6, 6.07) is 8.17. The number of benzene rings is 2. The van der Waals surface area contributed by atoms with Crippen molar-refractivity contribution in [3.8, 4) is 0 Å². The van der Waals surface area contributed by atoms with Gasteiger partial charge in [-0.1, -0.05) is 6.07 Å². The van der Waals surface area contributed by atoms with Gasteiger partial charge in [0.2, 0.25) is 0 Å². The molecule has 0 heterocycles. The van der Waals surface area contributed by atoms with Gasteiger partial charge in [-0.05, 0) is 58.7 Å². The van der Waals surface area contributed by atoms with Gasteiger partial charge in [-0.3, -0.25) is 4.72 Å². The van der Waals surface area contributed by atoms with E-state index < -0.39 is 15.8 Å². The highest BCUT2D eigenvalue weighted by molar-refractivity contribution is 9.10. The zero-order valence-corrected chi connectivity index (χ0v) is 12.9. The van der Waals surface area contributed by atoms with Crippen molar-refractivity contribution < 1.29 is 12.8 Å². The summed E-state index contributed by atoms with van der Waals surface area (Å²) in [5.41, 5.74) is 7.16. The van der Waals surface area contributed by atoms with Gasteiger partial charge in [0.15, 0.2) is 0 Å². The van der Waals surface area contributed by atoms with Crippen LogP contribution in [0.1, 0.15) is 5.56 Å². The first-order chi connectivity index (χ1) is 9.29. The molecule has 3 N–H and O–H groups in total. The lowest BCUT2D eigenvalue weighted by atomic mass is 10.2. The molecule has 0 aliphatic carbocycles. The lowest BCUT2D eigenvalue weighted by Crippen LogP contribution is -2.13. The molecular formula is C13H12BrFN2O2S.